The van der Waals surface area contributed by atoms with Crippen molar-refractivity contribution < 1.29 is 18.0 Å². The summed E-state index contributed by atoms with van der Waals surface area (Å²) < 4.78 is 40.5. The Labute approximate surface area is 113 Å². The van der Waals surface area contributed by atoms with Gasteiger partial charge >= 0.3 is 0 Å². The highest BCUT2D eigenvalue weighted by molar-refractivity contribution is 5.97. The fourth-order valence-corrected chi connectivity index (χ4v) is 1.79. The molecule has 2 aromatic rings. The SMILES string of the molecule is CC(C)n1ncnc1CC(=O)c1cc(F)c(F)c(F)c1. The molecule has 0 aliphatic heterocycles. The number of nitrogens with zero attached hydrogens (tertiary/aromatic N) is 3. The van der Waals surface area contributed by atoms with Crippen LogP contribution in [0.4, 0.5) is 13.2 Å². The molecule has 0 fully saturated rings. The van der Waals surface area contributed by atoms with E-state index in [9.17, 15) is 18.0 Å². The van der Waals surface area contributed by atoms with Gasteiger partial charge in [-0.05, 0) is 26.0 Å². The zero-order valence-corrected chi connectivity index (χ0v) is 10.9. The van der Waals surface area contributed by atoms with E-state index in [1.807, 2.05) is 13.8 Å². The maximum Gasteiger partial charge on any atom is 0.194 e. The predicted molar refractivity (Wildman–Crippen MR) is 64.8 cm³/mol. The van der Waals surface area contributed by atoms with Crippen LogP contribution in [0.2, 0.25) is 0 Å². The van der Waals surface area contributed by atoms with Crippen molar-refractivity contribution in [2.75, 3.05) is 0 Å². The highest BCUT2D eigenvalue weighted by atomic mass is 19.2. The Kier molecular flexibility index (Phi) is 3.87. The third kappa shape index (κ3) is 2.71. The lowest BCUT2D eigenvalue weighted by molar-refractivity contribution is 0.0988. The molecular weight excluding hydrogens is 271 g/mol. The van der Waals surface area contributed by atoms with Gasteiger partial charge in [-0.25, -0.2) is 22.8 Å². The molecule has 0 amide bonds. The molecule has 1 aromatic carbocycles. The van der Waals surface area contributed by atoms with Gasteiger partial charge in [0.2, 0.25) is 0 Å². The molecule has 0 saturated heterocycles. The minimum Gasteiger partial charge on any atom is -0.294 e. The second kappa shape index (κ2) is 5.44. The molecule has 0 saturated carbocycles. The van der Waals surface area contributed by atoms with Crippen molar-refractivity contribution in [3.8, 4) is 0 Å². The van der Waals surface area contributed by atoms with Gasteiger partial charge in [-0.1, -0.05) is 0 Å². The predicted octanol–water partition coefficient (Wildman–Crippen LogP) is 2.70. The van der Waals surface area contributed by atoms with Gasteiger partial charge in [0.05, 0.1) is 6.42 Å². The number of hydrogen-bond donors (Lipinski definition) is 0. The Balaban J connectivity index is 2.26. The zero-order chi connectivity index (χ0) is 14.9. The summed E-state index contributed by atoms with van der Waals surface area (Å²) in [5, 5.41) is 3.96. The molecular formula is C13H12F3N3O. The fraction of sp³-hybridized carbons (Fsp3) is 0.308. The van der Waals surface area contributed by atoms with Crippen LogP contribution in [0.15, 0.2) is 18.5 Å². The maximum absolute atomic E-state index is 13.1. The van der Waals surface area contributed by atoms with Gasteiger partial charge in [-0.3, -0.25) is 4.79 Å². The smallest absolute Gasteiger partial charge is 0.194 e. The number of hydrogen-bond acceptors (Lipinski definition) is 3. The molecule has 0 aliphatic carbocycles. The number of carbonyl (C=O) groups excluding carboxylic acids is 1. The van der Waals surface area contributed by atoms with Crippen molar-refractivity contribution in [1.29, 1.82) is 0 Å². The van der Waals surface area contributed by atoms with E-state index in [0.29, 0.717) is 18.0 Å². The number of Topliss-reactive ketones (excluding diaryl/α,β-unsaturated/α-hetero) is 1. The van der Waals surface area contributed by atoms with E-state index in [4.69, 9.17) is 0 Å². The van der Waals surface area contributed by atoms with Crippen molar-refractivity contribution >= 4 is 5.78 Å². The van der Waals surface area contributed by atoms with Crippen LogP contribution in [0, 0.1) is 17.5 Å². The van der Waals surface area contributed by atoms with Gasteiger partial charge < -0.3 is 0 Å². The Morgan fingerprint density at radius 2 is 1.85 bits per heavy atom. The van der Waals surface area contributed by atoms with E-state index in [1.165, 1.54) is 11.0 Å². The first kappa shape index (κ1) is 14.2. The van der Waals surface area contributed by atoms with Crippen molar-refractivity contribution in [3.63, 3.8) is 0 Å². The number of rotatable bonds is 4. The van der Waals surface area contributed by atoms with Crippen molar-refractivity contribution in [2.24, 2.45) is 0 Å². The summed E-state index contributed by atoms with van der Waals surface area (Å²) in [5.41, 5.74) is -0.236. The molecule has 0 unspecified atom stereocenters. The summed E-state index contributed by atoms with van der Waals surface area (Å²) in [6.45, 7) is 3.72. The minimum absolute atomic E-state index is 0.00184. The molecule has 1 aromatic heterocycles. The fourth-order valence-electron chi connectivity index (χ4n) is 1.79. The highest BCUT2D eigenvalue weighted by Gasteiger charge is 2.18. The average molecular weight is 283 g/mol. The molecule has 4 nitrogen and oxygen atoms in total. The third-order valence-corrected chi connectivity index (χ3v) is 2.76. The van der Waals surface area contributed by atoms with E-state index in [-0.39, 0.29) is 18.0 Å². The van der Waals surface area contributed by atoms with Gasteiger partial charge in [0.25, 0.3) is 0 Å². The molecule has 0 bridgehead atoms. The van der Waals surface area contributed by atoms with Crippen LogP contribution in [0.25, 0.3) is 0 Å². The van der Waals surface area contributed by atoms with Crippen molar-refractivity contribution in [3.05, 3.63) is 47.3 Å². The molecule has 0 N–H and O–H groups in total. The Morgan fingerprint density at radius 1 is 1.25 bits per heavy atom. The molecule has 0 spiro atoms. The molecule has 1 heterocycles. The first-order chi connectivity index (χ1) is 9.40. The van der Waals surface area contributed by atoms with E-state index >= 15 is 0 Å². The second-order valence-corrected chi connectivity index (χ2v) is 4.57. The lowest BCUT2D eigenvalue weighted by Gasteiger charge is -2.09. The minimum atomic E-state index is -1.59. The summed E-state index contributed by atoms with van der Waals surface area (Å²) in [6.07, 6.45) is 1.14. The molecule has 7 heteroatoms. The standard InChI is InChI=1S/C13H12F3N3O/c1-7(2)19-12(17-6-18-19)5-11(20)8-3-9(14)13(16)10(15)4-8/h3-4,6-7H,5H2,1-2H3. The van der Waals surface area contributed by atoms with Crippen LogP contribution in [-0.2, 0) is 6.42 Å². The molecule has 2 rings (SSSR count). The van der Waals surface area contributed by atoms with Gasteiger partial charge in [0.1, 0.15) is 12.2 Å². The molecule has 0 aliphatic rings. The third-order valence-electron chi connectivity index (χ3n) is 2.76. The van der Waals surface area contributed by atoms with Crippen LogP contribution >= 0.6 is 0 Å². The number of halogens is 3. The first-order valence-electron chi connectivity index (χ1n) is 5.96. The van der Waals surface area contributed by atoms with Gasteiger partial charge in [0, 0.05) is 11.6 Å². The van der Waals surface area contributed by atoms with Gasteiger partial charge in [-0.15, -0.1) is 0 Å². The quantitative estimate of drug-likeness (QED) is 0.640. The molecule has 20 heavy (non-hydrogen) atoms. The van der Waals surface area contributed by atoms with Crippen LogP contribution in [0.5, 0.6) is 0 Å². The lowest BCUT2D eigenvalue weighted by atomic mass is 10.1. The van der Waals surface area contributed by atoms with E-state index in [1.54, 1.807) is 0 Å². The van der Waals surface area contributed by atoms with Crippen LogP contribution < -0.4 is 0 Å². The Hall–Kier alpha value is -2.18. The van der Waals surface area contributed by atoms with Crippen LogP contribution in [0.3, 0.4) is 0 Å². The van der Waals surface area contributed by atoms with Gasteiger partial charge in [0.15, 0.2) is 23.2 Å². The molecule has 0 atom stereocenters. The van der Waals surface area contributed by atoms with E-state index in [2.05, 4.69) is 10.1 Å². The van der Waals surface area contributed by atoms with Crippen molar-refractivity contribution in [2.45, 2.75) is 26.3 Å². The van der Waals surface area contributed by atoms with Crippen LogP contribution in [0.1, 0.15) is 36.1 Å². The largest absolute Gasteiger partial charge is 0.294 e. The summed E-state index contributed by atoms with van der Waals surface area (Å²) in [6, 6.07) is 1.36. The number of benzene rings is 1. The summed E-state index contributed by atoms with van der Waals surface area (Å²) >= 11 is 0. The topological polar surface area (TPSA) is 47.8 Å². The summed E-state index contributed by atoms with van der Waals surface area (Å²) in [4.78, 5) is 15.9. The normalized spacial score (nSPS) is 11.1. The Morgan fingerprint density at radius 3 is 2.40 bits per heavy atom. The van der Waals surface area contributed by atoms with Gasteiger partial charge in [-0.2, -0.15) is 5.10 Å². The molecule has 106 valence electrons. The van der Waals surface area contributed by atoms with E-state index in [0.717, 1.165) is 0 Å². The average Bonchev–Trinajstić information content (AvgIpc) is 2.83. The monoisotopic (exact) mass is 283 g/mol. The van der Waals surface area contributed by atoms with Crippen molar-refractivity contribution in [1.82, 2.24) is 14.8 Å². The highest BCUT2D eigenvalue weighted by Crippen LogP contribution is 2.16. The van der Waals surface area contributed by atoms with E-state index < -0.39 is 23.2 Å². The summed E-state index contributed by atoms with van der Waals surface area (Å²) in [7, 11) is 0. The molecule has 0 radical (unpaired) electrons. The lowest BCUT2D eigenvalue weighted by Crippen LogP contribution is -2.13. The first-order valence-corrected chi connectivity index (χ1v) is 5.96. The number of carbonyl (C=O) groups is 1. The number of ketones is 1. The zero-order valence-electron chi connectivity index (χ0n) is 10.9. The Bertz CT molecular complexity index is 629. The van der Waals surface area contributed by atoms with Crippen LogP contribution in [-0.4, -0.2) is 20.5 Å². The number of aromatic nitrogens is 3. The second-order valence-electron chi connectivity index (χ2n) is 4.57. The maximum atomic E-state index is 13.1. The summed E-state index contributed by atoms with van der Waals surface area (Å²) in [5.74, 6) is -4.54.